The van der Waals surface area contributed by atoms with Crippen LogP contribution in [0.5, 0.6) is 0 Å². The third kappa shape index (κ3) is 5.24. The Morgan fingerprint density at radius 2 is 2.10 bits per heavy atom. The van der Waals surface area contributed by atoms with Crippen LogP contribution in [-0.4, -0.2) is 34.0 Å². The van der Waals surface area contributed by atoms with Crippen molar-refractivity contribution in [3.63, 3.8) is 0 Å². The fourth-order valence-corrected chi connectivity index (χ4v) is 1.91. The third-order valence-corrected chi connectivity index (χ3v) is 3.11. The molecule has 1 rings (SSSR count). The van der Waals surface area contributed by atoms with Gasteiger partial charge in [-0.25, -0.2) is 4.98 Å². The summed E-state index contributed by atoms with van der Waals surface area (Å²) >= 11 is 0. The first kappa shape index (κ1) is 16.6. The van der Waals surface area contributed by atoms with Crippen LogP contribution in [0.2, 0.25) is 0 Å². The van der Waals surface area contributed by atoms with Gasteiger partial charge in [-0.1, -0.05) is 12.8 Å². The Balaban J connectivity index is 2.36. The molecule has 0 bridgehead atoms. The van der Waals surface area contributed by atoms with E-state index >= 15 is 0 Å². The number of unbranched alkanes of at least 4 members (excludes halogenated alkanes) is 3. The summed E-state index contributed by atoms with van der Waals surface area (Å²) in [5.41, 5.74) is 5.39. The molecule has 0 fully saturated rings. The summed E-state index contributed by atoms with van der Waals surface area (Å²) < 4.78 is 26.1. The topological polar surface area (TPSA) is 64.2 Å². The Morgan fingerprint density at radius 1 is 1.40 bits per heavy atom. The quantitative estimate of drug-likeness (QED) is 0.708. The van der Waals surface area contributed by atoms with Crippen LogP contribution in [0.25, 0.3) is 0 Å². The van der Waals surface area contributed by atoms with Gasteiger partial charge in [0.1, 0.15) is 5.82 Å². The van der Waals surface area contributed by atoms with E-state index in [-0.39, 0.29) is 18.3 Å². The number of nitrogens with two attached hydrogens (primary N) is 1. The minimum atomic E-state index is -2.63. The smallest absolute Gasteiger partial charge is 0.319 e. The van der Waals surface area contributed by atoms with Gasteiger partial charge in [0.15, 0.2) is 0 Å². The predicted octanol–water partition coefficient (Wildman–Crippen LogP) is 2.15. The molecule has 1 aromatic rings. The summed E-state index contributed by atoms with van der Waals surface area (Å²) in [7, 11) is 1.60. The fraction of sp³-hybridized carbons (Fsp3) is 0.692. The summed E-state index contributed by atoms with van der Waals surface area (Å²) in [5, 5.41) is 0. The minimum absolute atomic E-state index is 0.0541. The average molecular weight is 288 g/mol. The van der Waals surface area contributed by atoms with E-state index in [1.54, 1.807) is 7.05 Å². The maximum Gasteiger partial charge on any atom is 0.319 e. The average Bonchev–Trinajstić information content (AvgIpc) is 2.86. The SMILES string of the molecule is CN(Cc1nccn1C(F)F)C(=O)CCCCCCN. The van der Waals surface area contributed by atoms with Crippen molar-refractivity contribution in [3.05, 3.63) is 18.2 Å². The largest absolute Gasteiger partial charge is 0.338 e. The zero-order valence-corrected chi connectivity index (χ0v) is 11.8. The van der Waals surface area contributed by atoms with Crippen LogP contribution in [-0.2, 0) is 11.3 Å². The lowest BCUT2D eigenvalue weighted by molar-refractivity contribution is -0.130. The molecule has 0 atom stereocenters. The molecule has 0 saturated carbocycles. The molecule has 7 heteroatoms. The summed E-state index contributed by atoms with van der Waals surface area (Å²) in [4.78, 5) is 17.2. The number of alkyl halides is 2. The molecule has 0 radical (unpaired) electrons. The van der Waals surface area contributed by atoms with Crippen molar-refractivity contribution in [1.82, 2.24) is 14.5 Å². The Hall–Kier alpha value is -1.50. The first-order valence-corrected chi connectivity index (χ1v) is 6.80. The van der Waals surface area contributed by atoms with E-state index in [4.69, 9.17) is 5.73 Å². The number of aromatic nitrogens is 2. The van der Waals surface area contributed by atoms with E-state index in [0.717, 1.165) is 30.3 Å². The predicted molar refractivity (Wildman–Crippen MR) is 72.1 cm³/mol. The molecule has 0 saturated heterocycles. The molecular formula is C13H22F2N4O. The van der Waals surface area contributed by atoms with Gasteiger partial charge < -0.3 is 10.6 Å². The summed E-state index contributed by atoms with van der Waals surface area (Å²) in [6.45, 7) is -1.87. The van der Waals surface area contributed by atoms with Crippen LogP contribution in [0.4, 0.5) is 8.78 Å². The van der Waals surface area contributed by atoms with E-state index in [1.165, 1.54) is 17.3 Å². The van der Waals surface area contributed by atoms with Crippen molar-refractivity contribution >= 4 is 5.91 Å². The van der Waals surface area contributed by atoms with Gasteiger partial charge in [-0.15, -0.1) is 0 Å². The van der Waals surface area contributed by atoms with Crippen molar-refractivity contribution in [3.8, 4) is 0 Å². The van der Waals surface area contributed by atoms with Gasteiger partial charge in [-0.2, -0.15) is 8.78 Å². The van der Waals surface area contributed by atoms with Crippen molar-refractivity contribution in [2.45, 2.75) is 45.2 Å². The number of nitrogens with zero attached hydrogens (tertiary/aromatic N) is 3. The van der Waals surface area contributed by atoms with Crippen molar-refractivity contribution < 1.29 is 13.6 Å². The lowest BCUT2D eigenvalue weighted by atomic mass is 10.1. The zero-order valence-electron chi connectivity index (χ0n) is 11.8. The van der Waals surface area contributed by atoms with Crippen LogP contribution >= 0.6 is 0 Å². The van der Waals surface area contributed by atoms with E-state index in [0.29, 0.717) is 13.0 Å². The van der Waals surface area contributed by atoms with Crippen LogP contribution < -0.4 is 5.73 Å². The zero-order chi connectivity index (χ0) is 15.0. The molecule has 5 nitrogen and oxygen atoms in total. The van der Waals surface area contributed by atoms with Gasteiger partial charge in [0.25, 0.3) is 0 Å². The fourth-order valence-electron chi connectivity index (χ4n) is 1.91. The number of carbonyl (C=O) groups is 1. The maximum atomic E-state index is 12.6. The molecule has 1 heterocycles. The van der Waals surface area contributed by atoms with Crippen LogP contribution in [0.1, 0.15) is 44.5 Å². The first-order chi connectivity index (χ1) is 9.56. The first-order valence-electron chi connectivity index (χ1n) is 6.80. The summed E-state index contributed by atoms with van der Waals surface area (Å²) in [6, 6.07) is 0. The number of imidazole rings is 1. The number of carbonyl (C=O) groups excluding carboxylic acids is 1. The molecule has 0 aliphatic carbocycles. The summed E-state index contributed by atoms with van der Waals surface area (Å²) in [5.74, 6) is 0.139. The lowest BCUT2D eigenvalue weighted by Crippen LogP contribution is -2.27. The number of hydrogen-bond donors (Lipinski definition) is 1. The van der Waals surface area contributed by atoms with Gasteiger partial charge in [0.05, 0.1) is 6.54 Å². The maximum absolute atomic E-state index is 12.6. The molecular weight excluding hydrogens is 266 g/mol. The molecule has 0 aliphatic rings. The van der Waals surface area contributed by atoms with Crippen LogP contribution in [0.3, 0.4) is 0 Å². The van der Waals surface area contributed by atoms with Crippen molar-refractivity contribution in [2.75, 3.05) is 13.6 Å². The molecule has 0 unspecified atom stereocenters. The monoisotopic (exact) mass is 288 g/mol. The number of hydrogen-bond acceptors (Lipinski definition) is 3. The highest BCUT2D eigenvalue weighted by molar-refractivity contribution is 5.75. The summed E-state index contributed by atoms with van der Waals surface area (Å²) in [6.07, 6.45) is 6.70. The second-order valence-corrected chi connectivity index (χ2v) is 4.73. The second kappa shape index (κ2) is 8.63. The van der Waals surface area contributed by atoms with Crippen molar-refractivity contribution in [2.24, 2.45) is 5.73 Å². The highest BCUT2D eigenvalue weighted by Crippen LogP contribution is 2.14. The Labute approximate surface area is 117 Å². The highest BCUT2D eigenvalue weighted by atomic mass is 19.3. The van der Waals surface area contributed by atoms with Gasteiger partial charge in [-0.05, 0) is 19.4 Å². The Bertz CT molecular complexity index is 409. The van der Waals surface area contributed by atoms with E-state index < -0.39 is 6.55 Å². The third-order valence-electron chi connectivity index (χ3n) is 3.11. The Morgan fingerprint density at radius 3 is 2.75 bits per heavy atom. The molecule has 20 heavy (non-hydrogen) atoms. The molecule has 1 aromatic heterocycles. The molecule has 1 amide bonds. The number of amides is 1. The van der Waals surface area contributed by atoms with Gasteiger partial charge >= 0.3 is 6.55 Å². The van der Waals surface area contributed by atoms with Crippen LogP contribution in [0.15, 0.2) is 12.4 Å². The molecule has 0 aliphatic heterocycles. The van der Waals surface area contributed by atoms with Crippen LogP contribution in [0, 0.1) is 0 Å². The number of rotatable bonds is 9. The van der Waals surface area contributed by atoms with Crippen molar-refractivity contribution in [1.29, 1.82) is 0 Å². The number of halogens is 2. The minimum Gasteiger partial charge on any atom is -0.338 e. The highest BCUT2D eigenvalue weighted by Gasteiger charge is 2.15. The molecule has 114 valence electrons. The molecule has 0 spiro atoms. The van der Waals surface area contributed by atoms with Gasteiger partial charge in [0, 0.05) is 25.9 Å². The van der Waals surface area contributed by atoms with E-state index in [1.807, 2.05) is 0 Å². The van der Waals surface area contributed by atoms with Gasteiger partial charge in [0.2, 0.25) is 5.91 Å². The lowest BCUT2D eigenvalue weighted by Gasteiger charge is -2.17. The molecule has 0 aromatic carbocycles. The normalized spacial score (nSPS) is 11.1. The Kier molecular flexibility index (Phi) is 7.14. The molecule has 2 N–H and O–H groups in total. The van der Waals surface area contributed by atoms with E-state index in [2.05, 4.69) is 4.98 Å². The van der Waals surface area contributed by atoms with Gasteiger partial charge in [-0.3, -0.25) is 9.36 Å². The second-order valence-electron chi connectivity index (χ2n) is 4.73. The van der Waals surface area contributed by atoms with E-state index in [9.17, 15) is 13.6 Å². The standard InChI is InChI=1S/C13H22F2N4O/c1-18(12(20)6-4-2-3-5-7-16)10-11-17-8-9-19(11)13(14)15/h8-9,13H,2-7,10,16H2,1H3.